The fraction of sp³-hybridized carbons (Fsp3) is 0.444. The van der Waals surface area contributed by atoms with Gasteiger partial charge in [-0.05, 0) is 24.3 Å². The number of nitrogens with zero attached hydrogens (tertiary/aromatic N) is 4. The van der Waals surface area contributed by atoms with E-state index in [1.807, 2.05) is 18.1 Å². The van der Waals surface area contributed by atoms with E-state index in [9.17, 15) is 4.79 Å². The molecule has 2 heterocycles. The summed E-state index contributed by atoms with van der Waals surface area (Å²) in [6, 6.07) is 10.8. The van der Waals surface area contributed by atoms with E-state index in [0.29, 0.717) is 6.04 Å². The first-order valence-corrected chi connectivity index (χ1v) is 8.10. The Morgan fingerprint density at radius 1 is 1.13 bits per heavy atom. The third-order valence-electron chi connectivity index (χ3n) is 4.65. The number of rotatable bonds is 2. The number of fused-ring (bicyclic) bond motifs is 1. The van der Waals surface area contributed by atoms with E-state index in [-0.39, 0.29) is 6.03 Å². The second-order valence-electron chi connectivity index (χ2n) is 6.36. The first-order valence-electron chi connectivity index (χ1n) is 8.10. The Bertz CT molecular complexity index is 687. The van der Waals surface area contributed by atoms with E-state index in [4.69, 9.17) is 0 Å². The van der Waals surface area contributed by atoms with Gasteiger partial charge in [0.1, 0.15) is 5.82 Å². The number of hydrogen-bond donors (Lipinski definition) is 0. The predicted molar refractivity (Wildman–Crippen MR) is 93.8 cm³/mol. The number of carbonyl (C=O) groups is 1. The number of carbonyl (C=O) groups excluding carboxylic acids is 1. The fourth-order valence-electron chi connectivity index (χ4n) is 3.29. The maximum Gasteiger partial charge on any atom is 0.319 e. The Balaban J connectivity index is 1.72. The molecule has 2 aromatic rings. The van der Waals surface area contributed by atoms with Crippen molar-refractivity contribution in [1.82, 2.24) is 14.8 Å². The van der Waals surface area contributed by atoms with Gasteiger partial charge < -0.3 is 14.7 Å². The maximum atomic E-state index is 12.1. The van der Waals surface area contributed by atoms with Gasteiger partial charge in [0.05, 0.1) is 0 Å². The summed E-state index contributed by atoms with van der Waals surface area (Å²) in [6.07, 6.45) is 3.83. The predicted octanol–water partition coefficient (Wildman–Crippen LogP) is 2.82. The summed E-state index contributed by atoms with van der Waals surface area (Å²) in [4.78, 5) is 22.5. The van der Waals surface area contributed by atoms with Crippen LogP contribution in [0.25, 0.3) is 10.8 Å². The standard InChI is InChI=1S/C18H24N4O/c1-20(2)18(23)21(3)15-9-12-22(13-10-15)17-16-7-5-4-6-14(16)8-11-19-17/h4-8,11,15H,9-10,12-13H2,1-3H3. The molecule has 0 atom stereocenters. The lowest BCUT2D eigenvalue weighted by atomic mass is 10.0. The fourth-order valence-corrected chi connectivity index (χ4v) is 3.29. The van der Waals surface area contributed by atoms with Crippen molar-refractivity contribution in [2.24, 2.45) is 0 Å². The lowest BCUT2D eigenvalue weighted by molar-refractivity contribution is 0.155. The Kier molecular flexibility index (Phi) is 4.37. The highest BCUT2D eigenvalue weighted by molar-refractivity contribution is 5.92. The minimum absolute atomic E-state index is 0.0757. The summed E-state index contributed by atoms with van der Waals surface area (Å²) in [5.74, 6) is 1.06. The van der Waals surface area contributed by atoms with Crippen LogP contribution in [-0.2, 0) is 0 Å². The van der Waals surface area contributed by atoms with Crippen molar-refractivity contribution in [2.45, 2.75) is 18.9 Å². The van der Waals surface area contributed by atoms with Crippen molar-refractivity contribution in [3.05, 3.63) is 36.5 Å². The molecule has 0 spiro atoms. The first kappa shape index (κ1) is 15.6. The van der Waals surface area contributed by atoms with Crippen molar-refractivity contribution in [2.75, 3.05) is 39.1 Å². The smallest absolute Gasteiger partial charge is 0.319 e. The molecule has 5 nitrogen and oxygen atoms in total. The van der Waals surface area contributed by atoms with E-state index in [1.54, 1.807) is 19.0 Å². The van der Waals surface area contributed by atoms with Gasteiger partial charge in [-0.3, -0.25) is 0 Å². The summed E-state index contributed by atoms with van der Waals surface area (Å²) >= 11 is 0. The summed E-state index contributed by atoms with van der Waals surface area (Å²) in [5.41, 5.74) is 0. The quantitative estimate of drug-likeness (QED) is 0.856. The zero-order valence-corrected chi connectivity index (χ0v) is 14.1. The highest BCUT2D eigenvalue weighted by Crippen LogP contribution is 2.27. The molecule has 122 valence electrons. The molecule has 1 fully saturated rings. The molecule has 0 bridgehead atoms. The molecule has 2 amide bonds. The third kappa shape index (κ3) is 3.09. The van der Waals surface area contributed by atoms with Crippen molar-refractivity contribution in [3.63, 3.8) is 0 Å². The average molecular weight is 312 g/mol. The summed E-state index contributed by atoms with van der Waals surface area (Å²) in [7, 11) is 5.50. The van der Waals surface area contributed by atoms with Gasteiger partial charge in [-0.2, -0.15) is 0 Å². The molecule has 1 aliphatic rings. The number of amides is 2. The van der Waals surface area contributed by atoms with Crippen LogP contribution in [0, 0.1) is 0 Å². The molecular weight excluding hydrogens is 288 g/mol. The molecule has 23 heavy (non-hydrogen) atoms. The van der Waals surface area contributed by atoms with Crippen molar-refractivity contribution in [3.8, 4) is 0 Å². The average Bonchev–Trinajstić information content (AvgIpc) is 2.60. The van der Waals surface area contributed by atoms with Gasteiger partial charge in [-0.25, -0.2) is 9.78 Å². The SMILES string of the molecule is CN(C)C(=O)N(C)C1CCN(c2nccc3ccccc23)CC1. The number of piperidine rings is 1. The minimum atomic E-state index is 0.0757. The van der Waals surface area contributed by atoms with Gasteiger partial charge >= 0.3 is 6.03 Å². The van der Waals surface area contributed by atoms with Gasteiger partial charge in [0.25, 0.3) is 0 Å². The number of hydrogen-bond acceptors (Lipinski definition) is 3. The van der Waals surface area contributed by atoms with Gasteiger partial charge in [-0.15, -0.1) is 0 Å². The van der Waals surface area contributed by atoms with Crippen LogP contribution < -0.4 is 4.90 Å². The van der Waals surface area contributed by atoms with Crippen LogP contribution in [0.2, 0.25) is 0 Å². The molecule has 1 aliphatic heterocycles. The number of benzene rings is 1. The maximum absolute atomic E-state index is 12.1. The summed E-state index contributed by atoms with van der Waals surface area (Å²) in [5, 5.41) is 2.42. The van der Waals surface area contributed by atoms with Crippen molar-refractivity contribution in [1.29, 1.82) is 0 Å². The molecule has 0 aliphatic carbocycles. The number of anilines is 1. The van der Waals surface area contributed by atoms with E-state index in [1.165, 1.54) is 10.8 Å². The van der Waals surface area contributed by atoms with E-state index in [2.05, 4.69) is 40.2 Å². The summed E-state index contributed by atoms with van der Waals surface area (Å²) in [6.45, 7) is 1.85. The van der Waals surface area contributed by atoms with Gasteiger partial charge in [0, 0.05) is 51.9 Å². The minimum Gasteiger partial charge on any atom is -0.356 e. The monoisotopic (exact) mass is 312 g/mol. The van der Waals surface area contributed by atoms with E-state index in [0.717, 1.165) is 31.7 Å². The van der Waals surface area contributed by atoms with Crippen molar-refractivity contribution < 1.29 is 4.79 Å². The first-order chi connectivity index (χ1) is 11.1. The Hall–Kier alpha value is -2.30. The van der Waals surface area contributed by atoms with Crippen LogP contribution in [0.5, 0.6) is 0 Å². The number of urea groups is 1. The van der Waals surface area contributed by atoms with E-state index < -0.39 is 0 Å². The highest BCUT2D eigenvalue weighted by atomic mass is 16.2. The normalized spacial score (nSPS) is 15.7. The summed E-state index contributed by atoms with van der Waals surface area (Å²) < 4.78 is 0. The molecule has 1 aromatic heterocycles. The van der Waals surface area contributed by atoms with Gasteiger partial charge in [-0.1, -0.05) is 24.3 Å². The zero-order valence-electron chi connectivity index (χ0n) is 14.1. The molecular formula is C18H24N4O. The third-order valence-corrected chi connectivity index (χ3v) is 4.65. The van der Waals surface area contributed by atoms with Crippen LogP contribution in [0.1, 0.15) is 12.8 Å². The Morgan fingerprint density at radius 2 is 1.83 bits per heavy atom. The van der Waals surface area contributed by atoms with Crippen LogP contribution in [0.15, 0.2) is 36.5 Å². The van der Waals surface area contributed by atoms with Crippen LogP contribution >= 0.6 is 0 Å². The Morgan fingerprint density at radius 3 is 2.52 bits per heavy atom. The molecule has 0 saturated carbocycles. The lowest BCUT2D eigenvalue weighted by Crippen LogP contribution is -2.48. The second-order valence-corrected chi connectivity index (χ2v) is 6.36. The number of aromatic nitrogens is 1. The van der Waals surface area contributed by atoms with E-state index >= 15 is 0 Å². The molecule has 3 rings (SSSR count). The molecule has 5 heteroatoms. The van der Waals surface area contributed by atoms with Crippen LogP contribution in [0.3, 0.4) is 0 Å². The second kappa shape index (κ2) is 6.44. The zero-order chi connectivity index (χ0) is 16.4. The lowest BCUT2D eigenvalue weighted by Gasteiger charge is -2.38. The van der Waals surface area contributed by atoms with Gasteiger partial charge in [0.15, 0.2) is 0 Å². The van der Waals surface area contributed by atoms with Gasteiger partial charge in [0.2, 0.25) is 0 Å². The Labute approximate surface area is 137 Å². The molecule has 0 unspecified atom stereocenters. The van der Waals surface area contributed by atoms with Crippen LogP contribution in [-0.4, -0.2) is 61.1 Å². The molecule has 1 saturated heterocycles. The molecule has 1 aromatic carbocycles. The highest BCUT2D eigenvalue weighted by Gasteiger charge is 2.27. The molecule has 0 radical (unpaired) electrons. The van der Waals surface area contributed by atoms with Crippen molar-refractivity contribution >= 4 is 22.6 Å². The largest absolute Gasteiger partial charge is 0.356 e. The topological polar surface area (TPSA) is 39.7 Å². The van der Waals surface area contributed by atoms with Crippen LogP contribution in [0.4, 0.5) is 10.6 Å². The molecule has 0 N–H and O–H groups in total. The number of pyridine rings is 1.